The smallest absolute Gasteiger partial charge is 0.0832 e. The van der Waals surface area contributed by atoms with Gasteiger partial charge in [0.25, 0.3) is 0 Å². The Labute approximate surface area is 122 Å². The first-order valence-electron chi connectivity index (χ1n) is 8.76. The second-order valence-electron chi connectivity index (χ2n) is 5.79. The molecule has 0 aromatic carbocycles. The van der Waals surface area contributed by atoms with Crippen LogP contribution in [0.3, 0.4) is 0 Å². The molecule has 115 valence electrons. The highest BCUT2D eigenvalue weighted by Gasteiger charge is 1.94. The van der Waals surface area contributed by atoms with E-state index in [-0.39, 0.29) is 0 Å². The van der Waals surface area contributed by atoms with E-state index in [2.05, 4.69) is 6.92 Å². The SMILES string of the molecule is CCCCCCCCCCCCCCCC[CH]OC. The van der Waals surface area contributed by atoms with Crippen molar-refractivity contribution < 1.29 is 4.74 Å². The van der Waals surface area contributed by atoms with E-state index in [4.69, 9.17) is 4.74 Å². The zero-order chi connectivity index (χ0) is 14.0. The van der Waals surface area contributed by atoms with Gasteiger partial charge in [0.2, 0.25) is 0 Å². The summed E-state index contributed by atoms with van der Waals surface area (Å²) in [6.07, 6.45) is 21.1. The highest BCUT2D eigenvalue weighted by molar-refractivity contribution is 4.52. The van der Waals surface area contributed by atoms with E-state index in [1.165, 1.54) is 89.9 Å². The third kappa shape index (κ3) is 18.0. The van der Waals surface area contributed by atoms with Gasteiger partial charge in [-0.3, -0.25) is 0 Å². The van der Waals surface area contributed by atoms with Gasteiger partial charge in [-0.1, -0.05) is 96.8 Å². The average molecular weight is 269 g/mol. The van der Waals surface area contributed by atoms with Crippen molar-refractivity contribution >= 4 is 0 Å². The van der Waals surface area contributed by atoms with Gasteiger partial charge in [-0.15, -0.1) is 0 Å². The Morgan fingerprint density at radius 1 is 0.579 bits per heavy atom. The summed E-state index contributed by atoms with van der Waals surface area (Å²) < 4.78 is 4.93. The van der Waals surface area contributed by atoms with Gasteiger partial charge in [0.1, 0.15) is 0 Å². The Hall–Kier alpha value is -0.0400. The monoisotopic (exact) mass is 269 g/mol. The number of ether oxygens (including phenoxy) is 1. The highest BCUT2D eigenvalue weighted by Crippen LogP contribution is 2.13. The molecule has 0 saturated carbocycles. The molecule has 0 amide bonds. The molecular formula is C18H37O. The molecule has 0 heterocycles. The average Bonchev–Trinajstić information content (AvgIpc) is 2.43. The van der Waals surface area contributed by atoms with Gasteiger partial charge < -0.3 is 4.74 Å². The fraction of sp³-hybridized carbons (Fsp3) is 0.944. The van der Waals surface area contributed by atoms with E-state index in [1.54, 1.807) is 7.11 Å². The molecule has 19 heavy (non-hydrogen) atoms. The number of methoxy groups -OCH3 is 1. The lowest BCUT2D eigenvalue weighted by Gasteiger charge is -2.03. The lowest BCUT2D eigenvalue weighted by molar-refractivity contribution is 0.262. The van der Waals surface area contributed by atoms with E-state index >= 15 is 0 Å². The van der Waals surface area contributed by atoms with Crippen LogP contribution in [0.4, 0.5) is 0 Å². The Kier molecular flexibility index (Phi) is 17.9. The van der Waals surface area contributed by atoms with E-state index < -0.39 is 0 Å². The normalized spacial score (nSPS) is 11.1. The number of hydrogen-bond acceptors (Lipinski definition) is 1. The molecule has 0 N–H and O–H groups in total. The summed E-state index contributed by atoms with van der Waals surface area (Å²) in [7, 11) is 1.74. The molecular weight excluding hydrogens is 232 g/mol. The summed E-state index contributed by atoms with van der Waals surface area (Å²) in [5.41, 5.74) is 0. The molecule has 0 aromatic rings. The van der Waals surface area contributed by atoms with E-state index in [9.17, 15) is 0 Å². The molecule has 0 rings (SSSR count). The van der Waals surface area contributed by atoms with Crippen molar-refractivity contribution in [2.75, 3.05) is 7.11 Å². The van der Waals surface area contributed by atoms with Crippen LogP contribution in [0, 0.1) is 6.61 Å². The molecule has 0 aromatic heterocycles. The van der Waals surface area contributed by atoms with Crippen LogP contribution in [-0.4, -0.2) is 7.11 Å². The van der Waals surface area contributed by atoms with Crippen LogP contribution < -0.4 is 0 Å². The van der Waals surface area contributed by atoms with Crippen molar-refractivity contribution in [1.82, 2.24) is 0 Å². The van der Waals surface area contributed by atoms with E-state index in [0.717, 1.165) is 6.42 Å². The topological polar surface area (TPSA) is 9.23 Å². The number of rotatable bonds is 16. The Bertz CT molecular complexity index is 129. The van der Waals surface area contributed by atoms with Crippen molar-refractivity contribution in [2.24, 2.45) is 0 Å². The minimum Gasteiger partial charge on any atom is -0.379 e. The molecule has 0 bridgehead atoms. The fourth-order valence-corrected chi connectivity index (χ4v) is 2.54. The second-order valence-corrected chi connectivity index (χ2v) is 5.79. The Morgan fingerprint density at radius 3 is 1.32 bits per heavy atom. The van der Waals surface area contributed by atoms with Crippen LogP contribution >= 0.6 is 0 Å². The summed E-state index contributed by atoms with van der Waals surface area (Å²) >= 11 is 0. The van der Waals surface area contributed by atoms with Gasteiger partial charge in [0, 0.05) is 7.11 Å². The van der Waals surface area contributed by atoms with Crippen molar-refractivity contribution in [3.05, 3.63) is 6.61 Å². The van der Waals surface area contributed by atoms with Gasteiger partial charge in [-0.05, 0) is 6.42 Å². The maximum absolute atomic E-state index is 4.93. The van der Waals surface area contributed by atoms with Crippen molar-refractivity contribution in [3.8, 4) is 0 Å². The second kappa shape index (κ2) is 18.0. The van der Waals surface area contributed by atoms with Crippen molar-refractivity contribution in [1.29, 1.82) is 0 Å². The molecule has 0 aliphatic carbocycles. The zero-order valence-electron chi connectivity index (χ0n) is 13.6. The molecule has 0 saturated heterocycles. The molecule has 1 radical (unpaired) electrons. The Balaban J connectivity index is 2.88. The maximum Gasteiger partial charge on any atom is 0.0832 e. The molecule has 0 aliphatic rings. The molecule has 0 spiro atoms. The van der Waals surface area contributed by atoms with Crippen molar-refractivity contribution in [2.45, 2.75) is 103 Å². The standard InChI is InChI=1S/C18H37O/c1-3-4-5-6-7-8-9-10-11-12-13-14-15-16-17-18-19-2/h18H,3-17H2,1-2H3. The summed E-state index contributed by atoms with van der Waals surface area (Å²) in [5, 5.41) is 0. The lowest BCUT2D eigenvalue weighted by atomic mass is 10.0. The molecule has 0 fully saturated rings. The van der Waals surface area contributed by atoms with Crippen molar-refractivity contribution in [3.63, 3.8) is 0 Å². The van der Waals surface area contributed by atoms with E-state index in [1.807, 2.05) is 6.61 Å². The maximum atomic E-state index is 4.93. The number of hydrogen-bond donors (Lipinski definition) is 0. The predicted molar refractivity (Wildman–Crippen MR) is 86.2 cm³/mol. The third-order valence-corrected chi connectivity index (χ3v) is 3.84. The first kappa shape index (κ1) is 19.0. The minimum absolute atomic E-state index is 1.12. The predicted octanol–water partition coefficient (Wildman–Crippen LogP) is 6.67. The quantitative estimate of drug-likeness (QED) is 0.284. The van der Waals surface area contributed by atoms with Crippen LogP contribution in [0.5, 0.6) is 0 Å². The van der Waals surface area contributed by atoms with Gasteiger partial charge in [-0.25, -0.2) is 0 Å². The van der Waals surface area contributed by atoms with Crippen LogP contribution in [0.15, 0.2) is 0 Å². The summed E-state index contributed by atoms with van der Waals surface area (Å²) in [4.78, 5) is 0. The summed E-state index contributed by atoms with van der Waals surface area (Å²) in [6, 6.07) is 0. The third-order valence-electron chi connectivity index (χ3n) is 3.84. The summed E-state index contributed by atoms with van der Waals surface area (Å²) in [5.74, 6) is 0. The summed E-state index contributed by atoms with van der Waals surface area (Å²) in [6.45, 7) is 4.20. The molecule has 1 nitrogen and oxygen atoms in total. The zero-order valence-corrected chi connectivity index (χ0v) is 13.6. The first-order valence-corrected chi connectivity index (χ1v) is 8.76. The van der Waals surface area contributed by atoms with Crippen LogP contribution in [0.2, 0.25) is 0 Å². The van der Waals surface area contributed by atoms with Gasteiger partial charge in [0.05, 0.1) is 6.61 Å². The van der Waals surface area contributed by atoms with Crippen LogP contribution in [0.25, 0.3) is 0 Å². The lowest BCUT2D eigenvalue weighted by Crippen LogP contribution is -1.84. The van der Waals surface area contributed by atoms with Crippen LogP contribution in [0.1, 0.15) is 103 Å². The van der Waals surface area contributed by atoms with Gasteiger partial charge >= 0.3 is 0 Å². The molecule has 0 atom stereocenters. The van der Waals surface area contributed by atoms with Crippen LogP contribution in [-0.2, 0) is 4.74 Å². The first-order chi connectivity index (χ1) is 9.41. The molecule has 0 unspecified atom stereocenters. The van der Waals surface area contributed by atoms with E-state index in [0.29, 0.717) is 0 Å². The van der Waals surface area contributed by atoms with Gasteiger partial charge in [0.15, 0.2) is 0 Å². The fourth-order valence-electron chi connectivity index (χ4n) is 2.54. The molecule has 0 aliphatic heterocycles. The van der Waals surface area contributed by atoms with Gasteiger partial charge in [-0.2, -0.15) is 0 Å². The highest BCUT2D eigenvalue weighted by atomic mass is 16.5. The molecule has 1 heteroatoms. The largest absolute Gasteiger partial charge is 0.379 e. The minimum atomic E-state index is 1.12. The number of unbranched alkanes of at least 4 members (excludes halogenated alkanes) is 14. The Morgan fingerprint density at radius 2 is 0.947 bits per heavy atom.